The Morgan fingerprint density at radius 3 is 2.83 bits per heavy atom. The Bertz CT molecular complexity index is 956. The molecule has 0 radical (unpaired) electrons. The third-order valence-electron chi connectivity index (χ3n) is 3.70. The zero-order chi connectivity index (χ0) is 16.6. The van der Waals surface area contributed by atoms with Gasteiger partial charge >= 0.3 is 0 Å². The molecule has 2 aromatic heterocycles. The van der Waals surface area contributed by atoms with E-state index in [4.69, 9.17) is 0 Å². The van der Waals surface area contributed by atoms with Crippen LogP contribution in [0.1, 0.15) is 34.2 Å². The van der Waals surface area contributed by atoms with Crippen molar-refractivity contribution in [1.82, 2.24) is 9.38 Å². The summed E-state index contributed by atoms with van der Waals surface area (Å²) in [5.74, 6) is -0.302. The summed E-state index contributed by atoms with van der Waals surface area (Å²) in [7, 11) is 0. The van der Waals surface area contributed by atoms with Crippen LogP contribution in [0.5, 0.6) is 0 Å². The predicted molar refractivity (Wildman–Crippen MR) is 92.6 cm³/mol. The van der Waals surface area contributed by atoms with E-state index < -0.39 is 0 Å². The number of thiazole rings is 1. The van der Waals surface area contributed by atoms with Gasteiger partial charge in [-0.25, -0.2) is 4.98 Å². The topological polar surface area (TPSA) is 63.5 Å². The molecule has 6 heteroatoms. The smallest absolute Gasteiger partial charge is 0.282 e. The average molecular weight is 327 g/mol. The Labute approximate surface area is 137 Å². The lowest BCUT2D eigenvalue weighted by atomic mass is 10.1. The Hall–Kier alpha value is -2.47. The molecular formula is C17H17N3O2S. The second kappa shape index (κ2) is 5.96. The van der Waals surface area contributed by atoms with E-state index in [1.807, 2.05) is 31.4 Å². The maximum atomic E-state index is 12.7. The Morgan fingerprint density at radius 2 is 2.13 bits per heavy atom. The number of hydrogen-bond acceptors (Lipinski definition) is 4. The SMILES string of the molecule is CCc1csc2nc(C)c(NC(=O)c3cccc(C)c3)c(=O)n12. The van der Waals surface area contributed by atoms with Gasteiger partial charge in [-0.3, -0.25) is 14.0 Å². The third kappa shape index (κ3) is 2.77. The molecule has 0 atom stereocenters. The second-order valence-corrected chi connectivity index (χ2v) is 6.24. The van der Waals surface area contributed by atoms with Gasteiger partial charge in [0.1, 0.15) is 5.69 Å². The van der Waals surface area contributed by atoms with Crippen molar-refractivity contribution >= 4 is 27.9 Å². The van der Waals surface area contributed by atoms with Crippen LogP contribution in [0.15, 0.2) is 34.4 Å². The van der Waals surface area contributed by atoms with E-state index in [9.17, 15) is 9.59 Å². The highest BCUT2D eigenvalue weighted by Crippen LogP contribution is 2.17. The number of anilines is 1. The first-order valence-corrected chi connectivity index (χ1v) is 8.27. The summed E-state index contributed by atoms with van der Waals surface area (Å²) in [6.45, 7) is 5.64. The van der Waals surface area contributed by atoms with E-state index >= 15 is 0 Å². The molecule has 0 unspecified atom stereocenters. The number of nitrogens with zero attached hydrogens (tertiary/aromatic N) is 2. The number of amides is 1. The van der Waals surface area contributed by atoms with Crippen molar-refractivity contribution in [2.24, 2.45) is 0 Å². The molecule has 0 aliphatic heterocycles. The fourth-order valence-corrected chi connectivity index (χ4v) is 3.47. The zero-order valence-electron chi connectivity index (χ0n) is 13.2. The number of hydrogen-bond donors (Lipinski definition) is 1. The number of aryl methyl sites for hydroxylation is 3. The zero-order valence-corrected chi connectivity index (χ0v) is 14.0. The van der Waals surface area contributed by atoms with Crippen LogP contribution in [-0.2, 0) is 6.42 Å². The molecular weight excluding hydrogens is 310 g/mol. The molecule has 0 saturated carbocycles. The largest absolute Gasteiger partial charge is 0.316 e. The van der Waals surface area contributed by atoms with Crippen molar-refractivity contribution < 1.29 is 4.79 Å². The van der Waals surface area contributed by atoms with Gasteiger partial charge in [0.05, 0.1) is 5.69 Å². The standard InChI is InChI=1S/C17H17N3O2S/c1-4-13-9-23-17-18-11(3)14(16(22)20(13)17)19-15(21)12-7-5-6-10(2)8-12/h5-9H,4H2,1-3H3,(H,19,21). The van der Waals surface area contributed by atoms with Crippen molar-refractivity contribution in [3.05, 3.63) is 62.5 Å². The van der Waals surface area contributed by atoms with Crippen molar-refractivity contribution in [3.8, 4) is 0 Å². The molecule has 0 aliphatic rings. The molecule has 23 heavy (non-hydrogen) atoms. The first kappa shape index (κ1) is 15.4. The Kier molecular flexibility index (Phi) is 4.00. The Morgan fingerprint density at radius 1 is 1.35 bits per heavy atom. The van der Waals surface area contributed by atoms with Crippen LogP contribution in [0.2, 0.25) is 0 Å². The van der Waals surface area contributed by atoms with Crippen molar-refractivity contribution in [3.63, 3.8) is 0 Å². The minimum atomic E-state index is -0.302. The number of carbonyl (C=O) groups excluding carboxylic acids is 1. The molecule has 0 saturated heterocycles. The Balaban J connectivity index is 2.06. The maximum Gasteiger partial charge on any atom is 0.282 e. The summed E-state index contributed by atoms with van der Waals surface area (Å²) in [5, 5.41) is 4.65. The van der Waals surface area contributed by atoms with E-state index in [0.29, 0.717) is 16.2 Å². The van der Waals surface area contributed by atoms with Crippen LogP contribution < -0.4 is 10.9 Å². The van der Waals surface area contributed by atoms with Crippen molar-refractivity contribution in [1.29, 1.82) is 0 Å². The molecule has 0 fully saturated rings. The first-order valence-electron chi connectivity index (χ1n) is 7.39. The van der Waals surface area contributed by atoms with Gasteiger partial charge in [0.2, 0.25) is 0 Å². The number of aromatic nitrogens is 2. The molecule has 5 nitrogen and oxygen atoms in total. The molecule has 3 rings (SSSR count). The molecule has 2 heterocycles. The minimum Gasteiger partial charge on any atom is -0.316 e. The molecule has 0 bridgehead atoms. The molecule has 0 aliphatic carbocycles. The highest BCUT2D eigenvalue weighted by Gasteiger charge is 2.16. The van der Waals surface area contributed by atoms with E-state index in [0.717, 1.165) is 17.7 Å². The van der Waals surface area contributed by atoms with Gasteiger partial charge in [0.15, 0.2) is 4.96 Å². The monoisotopic (exact) mass is 327 g/mol. The molecule has 118 valence electrons. The predicted octanol–water partition coefficient (Wildman–Crippen LogP) is 3.19. The van der Waals surface area contributed by atoms with E-state index in [1.165, 1.54) is 11.3 Å². The van der Waals surface area contributed by atoms with Crippen LogP contribution >= 0.6 is 11.3 Å². The highest BCUT2D eigenvalue weighted by atomic mass is 32.1. The lowest BCUT2D eigenvalue weighted by Gasteiger charge is -2.09. The summed E-state index contributed by atoms with van der Waals surface area (Å²) in [6.07, 6.45) is 0.732. The third-order valence-corrected chi connectivity index (χ3v) is 4.58. The van der Waals surface area contributed by atoms with E-state index in [-0.39, 0.29) is 17.2 Å². The summed E-state index contributed by atoms with van der Waals surface area (Å²) in [4.78, 5) is 30.2. The van der Waals surface area contributed by atoms with Gasteiger partial charge in [0, 0.05) is 16.6 Å². The maximum absolute atomic E-state index is 12.7. The van der Waals surface area contributed by atoms with Crippen molar-refractivity contribution in [2.45, 2.75) is 27.2 Å². The lowest BCUT2D eigenvalue weighted by molar-refractivity contribution is 0.102. The molecule has 0 spiro atoms. The molecule has 1 aromatic carbocycles. The van der Waals surface area contributed by atoms with Gasteiger partial charge in [-0.2, -0.15) is 0 Å². The van der Waals surface area contributed by atoms with Crippen LogP contribution in [-0.4, -0.2) is 15.3 Å². The number of fused-ring (bicyclic) bond motifs is 1. The minimum absolute atomic E-state index is 0.230. The fourth-order valence-electron chi connectivity index (χ4n) is 2.47. The molecule has 1 N–H and O–H groups in total. The number of benzene rings is 1. The van der Waals surface area contributed by atoms with Crippen LogP contribution in [0.4, 0.5) is 5.69 Å². The van der Waals surface area contributed by atoms with Gasteiger partial charge in [-0.15, -0.1) is 11.3 Å². The summed E-state index contributed by atoms with van der Waals surface area (Å²) >= 11 is 1.43. The lowest BCUT2D eigenvalue weighted by Crippen LogP contribution is -2.25. The highest BCUT2D eigenvalue weighted by molar-refractivity contribution is 7.15. The second-order valence-electron chi connectivity index (χ2n) is 5.40. The first-order chi connectivity index (χ1) is 11.0. The number of carbonyl (C=O) groups is 1. The average Bonchev–Trinajstić information content (AvgIpc) is 2.94. The fraction of sp³-hybridized carbons (Fsp3) is 0.235. The summed E-state index contributed by atoms with van der Waals surface area (Å²) in [5.41, 5.74) is 2.95. The normalized spacial score (nSPS) is 10.9. The van der Waals surface area contributed by atoms with Crippen molar-refractivity contribution in [2.75, 3.05) is 5.32 Å². The number of rotatable bonds is 3. The summed E-state index contributed by atoms with van der Waals surface area (Å²) < 4.78 is 1.57. The summed E-state index contributed by atoms with van der Waals surface area (Å²) in [6, 6.07) is 7.25. The molecule has 3 aromatic rings. The number of nitrogens with one attached hydrogen (secondary N) is 1. The van der Waals surface area contributed by atoms with Gasteiger partial charge in [0.25, 0.3) is 11.5 Å². The van der Waals surface area contributed by atoms with Crippen LogP contribution in [0.25, 0.3) is 4.96 Å². The van der Waals surface area contributed by atoms with E-state index in [2.05, 4.69) is 10.3 Å². The van der Waals surface area contributed by atoms with Crippen LogP contribution in [0.3, 0.4) is 0 Å². The molecule has 1 amide bonds. The van der Waals surface area contributed by atoms with Crippen LogP contribution in [0, 0.1) is 13.8 Å². The van der Waals surface area contributed by atoms with E-state index in [1.54, 1.807) is 23.5 Å². The van der Waals surface area contributed by atoms with Gasteiger partial charge < -0.3 is 5.32 Å². The van der Waals surface area contributed by atoms with Gasteiger partial charge in [-0.1, -0.05) is 24.6 Å². The van der Waals surface area contributed by atoms with Gasteiger partial charge in [-0.05, 0) is 32.4 Å². The quantitative estimate of drug-likeness (QED) is 0.803.